The first-order valence-electron chi connectivity index (χ1n) is 9.81. The summed E-state index contributed by atoms with van der Waals surface area (Å²) < 4.78 is 27.2. The molecule has 0 aromatic heterocycles. The highest BCUT2D eigenvalue weighted by molar-refractivity contribution is 7.89. The molecule has 2 atom stereocenters. The topological polar surface area (TPSA) is 95.0 Å². The average Bonchev–Trinajstić information content (AvgIpc) is 2.69. The number of carbonyl (C=O) groups is 2. The van der Waals surface area contributed by atoms with Gasteiger partial charge in [-0.3, -0.25) is 9.59 Å². The van der Waals surface area contributed by atoms with Crippen molar-refractivity contribution in [2.24, 2.45) is 11.8 Å². The fraction of sp³-hybridized carbons (Fsp3) is 0.600. The summed E-state index contributed by atoms with van der Waals surface area (Å²) in [5, 5.41) is 9.41. The van der Waals surface area contributed by atoms with Gasteiger partial charge in [0, 0.05) is 26.2 Å². The van der Waals surface area contributed by atoms with Crippen LogP contribution in [0.5, 0.6) is 0 Å². The molecule has 1 aromatic rings. The molecule has 1 aliphatic heterocycles. The molecule has 1 aliphatic carbocycles. The van der Waals surface area contributed by atoms with Gasteiger partial charge in [0.05, 0.1) is 16.7 Å². The number of carbonyl (C=O) groups excluding carboxylic acids is 1. The lowest BCUT2D eigenvalue weighted by molar-refractivity contribution is -0.152. The molecular formula is C20H28N2O5S. The van der Waals surface area contributed by atoms with Crippen molar-refractivity contribution in [2.45, 2.75) is 44.4 Å². The second kappa shape index (κ2) is 8.21. The molecule has 1 saturated carbocycles. The first-order chi connectivity index (χ1) is 13.2. The number of sulfonamides is 1. The number of nitrogens with zero attached hydrogens (tertiary/aromatic N) is 2. The number of amides is 1. The Kier molecular flexibility index (Phi) is 6.09. The molecule has 7 nitrogen and oxygen atoms in total. The first-order valence-corrected chi connectivity index (χ1v) is 11.2. The number of piperazine rings is 1. The van der Waals surface area contributed by atoms with Crippen LogP contribution in [-0.2, 0) is 19.6 Å². The molecule has 0 spiro atoms. The van der Waals surface area contributed by atoms with Crippen molar-refractivity contribution in [3.63, 3.8) is 0 Å². The third-order valence-electron chi connectivity index (χ3n) is 6.07. The van der Waals surface area contributed by atoms with Crippen LogP contribution in [0, 0.1) is 25.7 Å². The molecule has 2 aliphatic rings. The van der Waals surface area contributed by atoms with Crippen molar-refractivity contribution in [1.82, 2.24) is 9.21 Å². The largest absolute Gasteiger partial charge is 0.481 e. The Morgan fingerprint density at radius 2 is 1.57 bits per heavy atom. The van der Waals surface area contributed by atoms with Crippen LogP contribution in [0.1, 0.15) is 36.8 Å². The van der Waals surface area contributed by atoms with Crippen molar-refractivity contribution < 1.29 is 23.1 Å². The third-order valence-corrected chi connectivity index (χ3v) is 7.96. The van der Waals surface area contributed by atoms with E-state index in [0.717, 1.165) is 24.0 Å². The van der Waals surface area contributed by atoms with E-state index in [9.17, 15) is 23.1 Å². The summed E-state index contributed by atoms with van der Waals surface area (Å²) in [4.78, 5) is 26.3. The maximum Gasteiger partial charge on any atom is 0.307 e. The number of rotatable bonds is 4. The van der Waals surface area contributed by atoms with E-state index in [-0.39, 0.29) is 23.9 Å². The molecule has 0 unspecified atom stereocenters. The first kappa shape index (κ1) is 20.8. The fourth-order valence-corrected chi connectivity index (χ4v) is 5.64. The van der Waals surface area contributed by atoms with Gasteiger partial charge in [-0.15, -0.1) is 0 Å². The Labute approximate surface area is 166 Å². The van der Waals surface area contributed by atoms with Gasteiger partial charge in [0.15, 0.2) is 0 Å². The van der Waals surface area contributed by atoms with Crippen LogP contribution in [-0.4, -0.2) is 60.8 Å². The Morgan fingerprint density at radius 1 is 0.964 bits per heavy atom. The van der Waals surface area contributed by atoms with Gasteiger partial charge in [-0.05, 0) is 49.9 Å². The minimum absolute atomic E-state index is 0.143. The van der Waals surface area contributed by atoms with Crippen LogP contribution in [0.4, 0.5) is 0 Å². The van der Waals surface area contributed by atoms with Crippen LogP contribution in [0.25, 0.3) is 0 Å². The molecule has 1 N–H and O–H groups in total. The van der Waals surface area contributed by atoms with Crippen LogP contribution in [0.2, 0.25) is 0 Å². The lowest BCUT2D eigenvalue weighted by atomic mass is 9.78. The smallest absolute Gasteiger partial charge is 0.307 e. The summed E-state index contributed by atoms with van der Waals surface area (Å²) in [6, 6.07) is 5.10. The summed E-state index contributed by atoms with van der Waals surface area (Å²) in [6.45, 7) is 4.87. The molecule has 3 rings (SSSR count). The summed E-state index contributed by atoms with van der Waals surface area (Å²) in [5.41, 5.74) is 1.96. The Hall–Kier alpha value is -1.93. The highest BCUT2D eigenvalue weighted by atomic mass is 32.2. The summed E-state index contributed by atoms with van der Waals surface area (Å²) in [6.07, 6.45) is 2.83. The van der Waals surface area contributed by atoms with E-state index >= 15 is 0 Å². The zero-order valence-electron chi connectivity index (χ0n) is 16.4. The summed E-state index contributed by atoms with van der Waals surface area (Å²) >= 11 is 0. The molecular weight excluding hydrogens is 380 g/mol. The van der Waals surface area contributed by atoms with Crippen molar-refractivity contribution in [2.75, 3.05) is 26.2 Å². The SMILES string of the molecule is Cc1ccc(S(=O)(=O)N2CCN(C(=O)[C@H]3CCCC[C@@H]3C(=O)O)CC2)cc1C. The zero-order valence-corrected chi connectivity index (χ0v) is 17.2. The number of benzene rings is 1. The van der Waals surface area contributed by atoms with Crippen LogP contribution in [0.15, 0.2) is 23.1 Å². The monoisotopic (exact) mass is 408 g/mol. The van der Waals surface area contributed by atoms with Gasteiger partial charge < -0.3 is 10.0 Å². The van der Waals surface area contributed by atoms with E-state index in [1.165, 1.54) is 4.31 Å². The Bertz CT molecular complexity index is 859. The number of carboxylic acid groups (broad SMARTS) is 1. The second-order valence-corrected chi connectivity index (χ2v) is 9.75. The molecule has 154 valence electrons. The van der Waals surface area contributed by atoms with Crippen molar-refractivity contribution in [3.8, 4) is 0 Å². The van der Waals surface area contributed by atoms with E-state index < -0.39 is 27.8 Å². The van der Waals surface area contributed by atoms with Crippen molar-refractivity contribution in [1.29, 1.82) is 0 Å². The highest BCUT2D eigenvalue weighted by Gasteiger charge is 2.39. The van der Waals surface area contributed by atoms with Gasteiger partial charge in [-0.25, -0.2) is 8.42 Å². The molecule has 0 bridgehead atoms. The molecule has 1 aromatic carbocycles. The standard InChI is InChI=1S/C20H28N2O5S/c1-14-7-8-16(13-15(14)2)28(26,27)22-11-9-21(10-12-22)19(23)17-5-3-4-6-18(17)20(24)25/h7-8,13,17-18H,3-6,9-12H2,1-2H3,(H,24,25)/t17-,18-/m0/s1. The maximum absolute atomic E-state index is 12.9. The number of carboxylic acids is 1. The minimum Gasteiger partial charge on any atom is -0.481 e. The van der Waals surface area contributed by atoms with Gasteiger partial charge in [0.1, 0.15) is 0 Å². The van der Waals surface area contributed by atoms with Crippen LogP contribution < -0.4 is 0 Å². The van der Waals surface area contributed by atoms with Gasteiger partial charge in [-0.2, -0.15) is 4.31 Å². The number of hydrogen-bond donors (Lipinski definition) is 1. The second-order valence-electron chi connectivity index (χ2n) is 7.81. The summed E-state index contributed by atoms with van der Waals surface area (Å²) in [5.74, 6) is -2.17. The van der Waals surface area contributed by atoms with Gasteiger partial charge in [0.2, 0.25) is 15.9 Å². The predicted molar refractivity (Wildman–Crippen MR) is 104 cm³/mol. The molecule has 1 saturated heterocycles. The minimum atomic E-state index is -3.60. The quantitative estimate of drug-likeness (QED) is 0.823. The maximum atomic E-state index is 12.9. The Balaban J connectivity index is 1.67. The van der Waals surface area contributed by atoms with Gasteiger partial charge in [-0.1, -0.05) is 18.9 Å². The van der Waals surface area contributed by atoms with Crippen LogP contribution in [0.3, 0.4) is 0 Å². The third kappa shape index (κ3) is 4.07. The van der Waals surface area contributed by atoms with Gasteiger partial charge >= 0.3 is 5.97 Å². The van der Waals surface area contributed by atoms with E-state index in [1.54, 1.807) is 23.1 Å². The number of hydrogen-bond acceptors (Lipinski definition) is 4. The van der Waals surface area contributed by atoms with E-state index in [0.29, 0.717) is 25.9 Å². The number of aryl methyl sites for hydroxylation is 2. The highest BCUT2D eigenvalue weighted by Crippen LogP contribution is 2.32. The zero-order chi connectivity index (χ0) is 20.5. The van der Waals surface area contributed by atoms with E-state index in [4.69, 9.17) is 0 Å². The van der Waals surface area contributed by atoms with Crippen molar-refractivity contribution in [3.05, 3.63) is 29.3 Å². The lowest BCUT2D eigenvalue weighted by Crippen LogP contribution is -2.53. The average molecular weight is 409 g/mol. The predicted octanol–water partition coefficient (Wildman–Crippen LogP) is 2.03. The molecule has 8 heteroatoms. The Morgan fingerprint density at radius 3 is 2.14 bits per heavy atom. The lowest BCUT2D eigenvalue weighted by Gasteiger charge is -2.38. The molecule has 28 heavy (non-hydrogen) atoms. The molecule has 1 amide bonds. The van der Waals surface area contributed by atoms with E-state index in [2.05, 4.69) is 0 Å². The van der Waals surface area contributed by atoms with Crippen LogP contribution >= 0.6 is 0 Å². The van der Waals surface area contributed by atoms with E-state index in [1.807, 2.05) is 13.8 Å². The molecule has 1 heterocycles. The molecule has 2 fully saturated rings. The fourth-order valence-electron chi connectivity index (χ4n) is 4.13. The summed E-state index contributed by atoms with van der Waals surface area (Å²) in [7, 11) is -3.60. The molecule has 0 radical (unpaired) electrons. The normalized spacial score (nSPS) is 24.1. The van der Waals surface area contributed by atoms with Gasteiger partial charge in [0.25, 0.3) is 0 Å². The van der Waals surface area contributed by atoms with Crippen molar-refractivity contribution >= 4 is 21.9 Å². The number of aliphatic carboxylic acids is 1.